The average molecular weight is 115 g/mol. The second kappa shape index (κ2) is 1.94. The molecule has 0 aliphatic carbocycles. The Bertz CT molecular complexity index is 146. The summed E-state index contributed by atoms with van der Waals surface area (Å²) in [7, 11) is 0. The molecule has 0 aromatic carbocycles. The van der Waals surface area contributed by atoms with Crippen molar-refractivity contribution in [3.63, 3.8) is 0 Å². The van der Waals surface area contributed by atoms with Crippen LogP contribution >= 0.6 is 0 Å². The van der Waals surface area contributed by atoms with Gasteiger partial charge in [0, 0.05) is 0 Å². The van der Waals surface area contributed by atoms with E-state index < -0.39 is 6.29 Å². The van der Waals surface area contributed by atoms with Crippen LogP contribution in [0.15, 0.2) is 16.9 Å². The lowest BCUT2D eigenvalue weighted by Gasteiger charge is -1.91. The van der Waals surface area contributed by atoms with Gasteiger partial charge in [-0.05, 0) is 0 Å². The van der Waals surface area contributed by atoms with Gasteiger partial charge in [-0.15, -0.1) is 0 Å². The molecule has 0 bridgehead atoms. The van der Waals surface area contributed by atoms with Gasteiger partial charge >= 0.3 is 0 Å². The van der Waals surface area contributed by atoms with Crippen molar-refractivity contribution in [3.8, 4) is 0 Å². The van der Waals surface area contributed by atoms with Crippen molar-refractivity contribution in [3.05, 3.63) is 18.4 Å². The van der Waals surface area contributed by atoms with Gasteiger partial charge in [0.2, 0.25) is 6.29 Å². The third kappa shape index (κ3) is 0.853. The first-order valence-electron chi connectivity index (χ1n) is 2.06. The van der Waals surface area contributed by atoms with Crippen molar-refractivity contribution >= 4 is 0 Å². The maximum Gasteiger partial charge on any atom is 0.251 e. The fourth-order valence-electron chi connectivity index (χ4n) is 0.362. The van der Waals surface area contributed by atoms with Gasteiger partial charge in [0.15, 0.2) is 0 Å². The zero-order chi connectivity index (χ0) is 5.98. The third-order valence-corrected chi connectivity index (χ3v) is 0.672. The molecular weight excluding hydrogens is 110 g/mol. The molecule has 0 spiro atoms. The topological polar surface area (TPSA) is 66.5 Å². The molecule has 0 atom stereocenters. The van der Waals surface area contributed by atoms with E-state index in [4.69, 9.17) is 10.2 Å². The lowest BCUT2D eigenvalue weighted by molar-refractivity contribution is -0.0620. The van der Waals surface area contributed by atoms with Crippen LogP contribution in [-0.2, 0) is 0 Å². The number of aliphatic hydroxyl groups is 2. The van der Waals surface area contributed by atoms with Crippen molar-refractivity contribution < 1.29 is 14.6 Å². The van der Waals surface area contributed by atoms with E-state index in [1.807, 2.05) is 0 Å². The molecule has 44 valence electrons. The largest absolute Gasteiger partial charge is 0.444 e. The molecule has 0 radical (unpaired) electrons. The number of aliphatic hydroxyl groups excluding tert-OH is 1. The molecule has 1 aromatic rings. The van der Waals surface area contributed by atoms with Gasteiger partial charge in [-0.1, -0.05) is 0 Å². The SMILES string of the molecule is OC(O)c1ncco1. The van der Waals surface area contributed by atoms with Crippen molar-refractivity contribution in [2.45, 2.75) is 6.29 Å². The van der Waals surface area contributed by atoms with Crippen molar-refractivity contribution in [1.82, 2.24) is 4.98 Å². The maximum absolute atomic E-state index is 8.31. The predicted molar refractivity (Wildman–Crippen MR) is 23.7 cm³/mol. The van der Waals surface area contributed by atoms with Crippen LogP contribution in [-0.4, -0.2) is 15.2 Å². The molecule has 8 heavy (non-hydrogen) atoms. The minimum absolute atomic E-state index is 0.0787. The molecule has 0 fully saturated rings. The van der Waals surface area contributed by atoms with E-state index in [0.29, 0.717) is 0 Å². The standard InChI is InChI=1S/C4H5NO3/c6-4(7)3-5-1-2-8-3/h1-2,4,6-7H. The normalized spacial score (nSPS) is 10.4. The average Bonchev–Trinajstić information content (AvgIpc) is 2.12. The zero-order valence-electron chi connectivity index (χ0n) is 3.98. The Balaban J connectivity index is 2.77. The van der Waals surface area contributed by atoms with E-state index in [9.17, 15) is 0 Å². The molecule has 2 N–H and O–H groups in total. The molecule has 0 aliphatic heterocycles. The number of oxazole rings is 1. The fourth-order valence-corrected chi connectivity index (χ4v) is 0.362. The lowest BCUT2D eigenvalue weighted by atomic mass is 10.6. The van der Waals surface area contributed by atoms with Crippen molar-refractivity contribution in [2.75, 3.05) is 0 Å². The predicted octanol–water partition coefficient (Wildman–Crippen LogP) is -0.342. The number of hydrogen-bond donors (Lipinski definition) is 2. The van der Waals surface area contributed by atoms with E-state index in [2.05, 4.69) is 9.40 Å². The highest BCUT2D eigenvalue weighted by Gasteiger charge is 2.04. The molecule has 0 saturated heterocycles. The van der Waals surface area contributed by atoms with Gasteiger partial charge in [0.1, 0.15) is 6.26 Å². The summed E-state index contributed by atoms with van der Waals surface area (Å²) in [6.07, 6.45) is 1.02. The van der Waals surface area contributed by atoms with E-state index in [1.54, 1.807) is 0 Å². The Hall–Kier alpha value is -0.870. The molecule has 0 amide bonds. The van der Waals surface area contributed by atoms with Gasteiger partial charge in [-0.2, -0.15) is 0 Å². The van der Waals surface area contributed by atoms with Crippen LogP contribution < -0.4 is 0 Å². The van der Waals surface area contributed by atoms with Crippen LogP contribution in [0.2, 0.25) is 0 Å². The summed E-state index contributed by atoms with van der Waals surface area (Å²) in [5.74, 6) is -0.0787. The quantitative estimate of drug-likeness (QED) is 0.491. The van der Waals surface area contributed by atoms with Crippen LogP contribution in [0.3, 0.4) is 0 Å². The van der Waals surface area contributed by atoms with Crippen molar-refractivity contribution in [1.29, 1.82) is 0 Å². The second-order valence-electron chi connectivity index (χ2n) is 1.24. The van der Waals surface area contributed by atoms with Gasteiger partial charge < -0.3 is 14.6 Å². The molecule has 4 heteroatoms. The molecule has 1 rings (SSSR count). The number of nitrogens with zero attached hydrogens (tertiary/aromatic N) is 1. The Morgan fingerprint density at radius 2 is 2.38 bits per heavy atom. The molecule has 4 nitrogen and oxygen atoms in total. The molecular formula is C4H5NO3. The summed E-state index contributed by atoms with van der Waals surface area (Å²) >= 11 is 0. The zero-order valence-corrected chi connectivity index (χ0v) is 3.98. The highest BCUT2D eigenvalue weighted by atomic mass is 16.5. The summed E-state index contributed by atoms with van der Waals surface area (Å²) in [5.41, 5.74) is 0. The van der Waals surface area contributed by atoms with Gasteiger partial charge in [0.25, 0.3) is 5.89 Å². The van der Waals surface area contributed by atoms with Crippen LogP contribution in [0, 0.1) is 0 Å². The van der Waals surface area contributed by atoms with Crippen LogP contribution in [0.1, 0.15) is 12.2 Å². The molecule has 1 aromatic heterocycles. The highest BCUT2D eigenvalue weighted by Crippen LogP contribution is 2.03. The Labute approximate surface area is 45.4 Å². The van der Waals surface area contributed by atoms with Gasteiger partial charge in [0.05, 0.1) is 6.20 Å². The second-order valence-corrected chi connectivity index (χ2v) is 1.24. The van der Waals surface area contributed by atoms with E-state index in [0.717, 1.165) is 0 Å². The van der Waals surface area contributed by atoms with Gasteiger partial charge in [-0.3, -0.25) is 0 Å². The minimum Gasteiger partial charge on any atom is -0.444 e. The minimum atomic E-state index is -1.59. The Morgan fingerprint density at radius 3 is 2.62 bits per heavy atom. The fraction of sp³-hybridized carbons (Fsp3) is 0.250. The Kier molecular flexibility index (Phi) is 1.27. The van der Waals surface area contributed by atoms with Crippen molar-refractivity contribution in [2.24, 2.45) is 0 Å². The number of rotatable bonds is 1. The highest BCUT2D eigenvalue weighted by molar-refractivity contribution is 4.79. The summed E-state index contributed by atoms with van der Waals surface area (Å²) in [4.78, 5) is 3.45. The number of aromatic nitrogens is 1. The maximum atomic E-state index is 8.31. The summed E-state index contributed by atoms with van der Waals surface area (Å²) in [6.45, 7) is 0. The van der Waals surface area contributed by atoms with Gasteiger partial charge in [-0.25, -0.2) is 4.98 Å². The monoisotopic (exact) mass is 115 g/mol. The lowest BCUT2D eigenvalue weighted by Crippen LogP contribution is -1.93. The van der Waals surface area contributed by atoms with E-state index >= 15 is 0 Å². The summed E-state index contributed by atoms with van der Waals surface area (Å²) < 4.78 is 4.48. The summed E-state index contributed by atoms with van der Waals surface area (Å²) in [6, 6.07) is 0. The van der Waals surface area contributed by atoms with Crippen LogP contribution in [0.4, 0.5) is 0 Å². The third-order valence-electron chi connectivity index (χ3n) is 0.672. The molecule has 0 saturated carbocycles. The Morgan fingerprint density at radius 1 is 1.62 bits per heavy atom. The summed E-state index contributed by atoms with van der Waals surface area (Å²) in [5, 5.41) is 16.6. The number of hydrogen-bond acceptors (Lipinski definition) is 4. The van der Waals surface area contributed by atoms with E-state index in [-0.39, 0.29) is 5.89 Å². The van der Waals surface area contributed by atoms with E-state index in [1.165, 1.54) is 12.5 Å². The van der Waals surface area contributed by atoms with Crippen LogP contribution in [0.25, 0.3) is 0 Å². The first-order chi connectivity index (χ1) is 3.80. The molecule has 0 unspecified atom stereocenters. The van der Waals surface area contributed by atoms with Crippen LogP contribution in [0.5, 0.6) is 0 Å². The first kappa shape index (κ1) is 5.27. The molecule has 0 aliphatic rings. The molecule has 1 heterocycles. The first-order valence-corrected chi connectivity index (χ1v) is 2.06. The smallest absolute Gasteiger partial charge is 0.251 e.